The van der Waals surface area contributed by atoms with Crippen LogP contribution in [0.2, 0.25) is 0 Å². The van der Waals surface area contributed by atoms with Crippen LogP contribution in [-0.2, 0) is 9.59 Å². The molecule has 3 aliphatic carbocycles. The van der Waals surface area contributed by atoms with Crippen LogP contribution >= 0.6 is 0 Å². The first-order valence-electron chi connectivity index (χ1n) is 13.3. The zero-order valence-corrected chi connectivity index (χ0v) is 21.5. The van der Waals surface area contributed by atoms with Crippen LogP contribution in [0.25, 0.3) is 0 Å². The molecule has 5 rings (SSSR count). The molecule has 9 heteroatoms. The molecule has 0 radical (unpaired) electrons. The van der Waals surface area contributed by atoms with E-state index in [1.807, 2.05) is 33.9 Å². The van der Waals surface area contributed by atoms with E-state index in [1.165, 1.54) is 17.7 Å². The van der Waals surface area contributed by atoms with E-state index in [2.05, 4.69) is 15.6 Å². The maximum absolute atomic E-state index is 13.8. The monoisotopic (exact) mass is 487 g/mol. The molecule has 2 bridgehead atoms. The van der Waals surface area contributed by atoms with Crippen molar-refractivity contribution in [2.75, 3.05) is 13.1 Å². The number of aromatic nitrogens is 3. The Morgan fingerprint density at radius 1 is 1.14 bits per heavy atom. The second-order valence-electron chi connectivity index (χ2n) is 12.9. The summed E-state index contributed by atoms with van der Waals surface area (Å²) in [5.74, 6) is 1.32. The Kier molecular flexibility index (Phi) is 6.23. The fourth-order valence-corrected chi connectivity index (χ4v) is 6.85. The summed E-state index contributed by atoms with van der Waals surface area (Å²) >= 11 is 0. The van der Waals surface area contributed by atoms with Gasteiger partial charge in [-0.1, -0.05) is 32.4 Å². The molecule has 9 nitrogen and oxygen atoms in total. The quantitative estimate of drug-likeness (QED) is 0.541. The van der Waals surface area contributed by atoms with Crippen LogP contribution in [0.3, 0.4) is 0 Å². The molecule has 6 unspecified atom stereocenters. The molecule has 4 aliphatic rings. The normalized spacial score (nSPS) is 33.1. The van der Waals surface area contributed by atoms with Crippen LogP contribution in [0.4, 0.5) is 0 Å². The zero-order chi connectivity index (χ0) is 25.1. The molecule has 2 heterocycles. The van der Waals surface area contributed by atoms with E-state index < -0.39 is 29.2 Å². The van der Waals surface area contributed by atoms with Gasteiger partial charge in [-0.3, -0.25) is 9.59 Å². The predicted octanol–water partition coefficient (Wildman–Crippen LogP) is 2.01. The average Bonchev–Trinajstić information content (AvgIpc) is 3.16. The zero-order valence-electron chi connectivity index (χ0n) is 21.5. The van der Waals surface area contributed by atoms with Crippen LogP contribution in [0, 0.1) is 23.2 Å². The summed E-state index contributed by atoms with van der Waals surface area (Å²) in [4.78, 5) is 28.6. The van der Waals surface area contributed by atoms with Gasteiger partial charge in [0, 0.05) is 31.6 Å². The van der Waals surface area contributed by atoms with E-state index in [0.717, 1.165) is 31.4 Å². The summed E-state index contributed by atoms with van der Waals surface area (Å²) in [5.41, 5.74) is -0.535. The average molecular weight is 488 g/mol. The smallest absolute Gasteiger partial charge is 0.248 e. The van der Waals surface area contributed by atoms with E-state index in [1.54, 1.807) is 4.68 Å². The minimum atomic E-state index is -0.977. The number of carbonyl (C=O) groups is 2. The summed E-state index contributed by atoms with van der Waals surface area (Å²) in [5, 5.41) is 33.1. The SMILES string of the molecule is CC(O)(CNC(=O)C1CC(O)CN1C(=O)[C@@H](n1cc(C2CC2)nn1)C(C)(C)C)C1CC2CCC1C2. The van der Waals surface area contributed by atoms with E-state index in [4.69, 9.17) is 0 Å². The van der Waals surface area contributed by atoms with Crippen LogP contribution < -0.4 is 5.32 Å². The van der Waals surface area contributed by atoms with Gasteiger partial charge in [-0.2, -0.15) is 0 Å². The van der Waals surface area contributed by atoms with Crippen molar-refractivity contribution in [3.8, 4) is 0 Å². The molecule has 35 heavy (non-hydrogen) atoms. The second-order valence-corrected chi connectivity index (χ2v) is 12.9. The molecular formula is C26H41N5O4. The molecule has 7 atom stereocenters. The first-order chi connectivity index (χ1) is 16.4. The van der Waals surface area contributed by atoms with Crippen LogP contribution in [0.15, 0.2) is 6.20 Å². The van der Waals surface area contributed by atoms with Gasteiger partial charge in [-0.05, 0) is 62.2 Å². The molecule has 194 valence electrons. The second kappa shape index (κ2) is 8.83. The lowest BCUT2D eigenvalue weighted by Crippen LogP contribution is -2.54. The number of fused-ring (bicyclic) bond motifs is 2. The molecule has 1 aliphatic heterocycles. The number of aliphatic hydroxyl groups excluding tert-OH is 1. The Balaban J connectivity index is 1.28. The van der Waals surface area contributed by atoms with E-state index in [0.29, 0.717) is 17.8 Å². The van der Waals surface area contributed by atoms with Crippen molar-refractivity contribution in [2.45, 2.75) is 102 Å². The van der Waals surface area contributed by atoms with Crippen molar-refractivity contribution >= 4 is 11.8 Å². The molecule has 1 aromatic heterocycles. The lowest BCUT2D eigenvalue weighted by Gasteiger charge is -2.37. The third-order valence-electron chi connectivity index (χ3n) is 8.86. The molecule has 0 spiro atoms. The molecule has 1 aromatic rings. The van der Waals surface area contributed by atoms with E-state index >= 15 is 0 Å². The van der Waals surface area contributed by atoms with Gasteiger partial charge in [0.2, 0.25) is 11.8 Å². The maximum Gasteiger partial charge on any atom is 0.248 e. The largest absolute Gasteiger partial charge is 0.391 e. The minimum absolute atomic E-state index is 0.108. The number of likely N-dealkylation sites (tertiary alicyclic amines) is 1. The highest BCUT2D eigenvalue weighted by Crippen LogP contribution is 2.52. The number of β-amino-alcohol motifs (C(OH)–C–C–N with tert-alkyl or cyclic N) is 1. The minimum Gasteiger partial charge on any atom is -0.391 e. The van der Waals surface area contributed by atoms with Crippen molar-refractivity contribution in [3.05, 3.63) is 11.9 Å². The number of hydrogen-bond acceptors (Lipinski definition) is 6. The first kappa shape index (κ1) is 24.7. The molecule has 4 fully saturated rings. The summed E-state index contributed by atoms with van der Waals surface area (Å²) in [6.45, 7) is 8.01. The number of hydrogen-bond donors (Lipinski definition) is 3. The van der Waals surface area contributed by atoms with Gasteiger partial charge in [0.25, 0.3) is 0 Å². The summed E-state index contributed by atoms with van der Waals surface area (Å²) in [6.07, 6.45) is 8.10. The number of amides is 2. The number of aliphatic hydroxyl groups is 2. The van der Waals surface area contributed by atoms with Gasteiger partial charge in [0.15, 0.2) is 0 Å². The van der Waals surface area contributed by atoms with Crippen molar-refractivity contribution in [3.63, 3.8) is 0 Å². The molecule has 2 amide bonds. The standard InChI is InChI=1S/C26H41N5O4/c1-25(2,3)22(31-13-20(28-29-31)16-7-8-16)24(34)30-12-18(32)11-21(30)23(33)27-14-26(4,35)19-10-15-5-6-17(19)9-15/h13,15-19,21-22,32,35H,5-12,14H2,1-4H3,(H,27,33)/t15?,17?,18?,19?,21?,22-,26?/m1/s1. The fraction of sp³-hybridized carbons (Fsp3) is 0.846. The fourth-order valence-electron chi connectivity index (χ4n) is 6.85. The Hall–Kier alpha value is -2.00. The number of nitrogens with one attached hydrogen (secondary N) is 1. The Labute approximate surface area is 207 Å². The van der Waals surface area contributed by atoms with Gasteiger partial charge in [-0.15, -0.1) is 5.10 Å². The maximum atomic E-state index is 13.8. The molecule has 0 aromatic carbocycles. The highest BCUT2D eigenvalue weighted by atomic mass is 16.3. The Morgan fingerprint density at radius 2 is 1.89 bits per heavy atom. The van der Waals surface area contributed by atoms with E-state index in [-0.39, 0.29) is 37.2 Å². The summed E-state index contributed by atoms with van der Waals surface area (Å²) < 4.78 is 1.63. The van der Waals surface area contributed by atoms with Crippen LogP contribution in [0.1, 0.15) is 90.3 Å². The van der Waals surface area contributed by atoms with Crippen molar-refractivity contribution in [1.29, 1.82) is 0 Å². The van der Waals surface area contributed by atoms with Gasteiger partial charge in [0.1, 0.15) is 12.1 Å². The highest BCUT2D eigenvalue weighted by Gasteiger charge is 2.49. The lowest BCUT2D eigenvalue weighted by atomic mass is 9.77. The first-order valence-corrected chi connectivity index (χ1v) is 13.3. The highest BCUT2D eigenvalue weighted by molar-refractivity contribution is 5.90. The van der Waals surface area contributed by atoms with Gasteiger partial charge >= 0.3 is 0 Å². The molecular weight excluding hydrogens is 446 g/mol. The number of carbonyl (C=O) groups excluding carboxylic acids is 2. The van der Waals surface area contributed by atoms with Crippen molar-refractivity contribution in [1.82, 2.24) is 25.2 Å². The van der Waals surface area contributed by atoms with Gasteiger partial charge in [0.05, 0.1) is 17.4 Å². The molecule has 3 saturated carbocycles. The Morgan fingerprint density at radius 3 is 2.49 bits per heavy atom. The Bertz CT molecular complexity index is 965. The predicted molar refractivity (Wildman–Crippen MR) is 129 cm³/mol. The number of nitrogens with zero attached hydrogens (tertiary/aromatic N) is 4. The third kappa shape index (κ3) is 4.86. The lowest BCUT2D eigenvalue weighted by molar-refractivity contribution is -0.144. The van der Waals surface area contributed by atoms with Crippen LogP contribution in [0.5, 0.6) is 0 Å². The molecule has 1 saturated heterocycles. The summed E-state index contributed by atoms with van der Waals surface area (Å²) in [6, 6.07) is -1.41. The van der Waals surface area contributed by atoms with E-state index in [9.17, 15) is 19.8 Å². The summed E-state index contributed by atoms with van der Waals surface area (Å²) in [7, 11) is 0. The molecule has 3 N–H and O–H groups in total. The van der Waals surface area contributed by atoms with Gasteiger partial charge in [-0.25, -0.2) is 4.68 Å². The van der Waals surface area contributed by atoms with Crippen molar-refractivity contribution < 1.29 is 19.8 Å². The van der Waals surface area contributed by atoms with Crippen molar-refractivity contribution in [2.24, 2.45) is 23.2 Å². The van der Waals surface area contributed by atoms with Gasteiger partial charge < -0.3 is 20.4 Å². The van der Waals surface area contributed by atoms with Crippen LogP contribution in [-0.4, -0.2) is 72.8 Å². The number of rotatable bonds is 7. The third-order valence-corrected chi connectivity index (χ3v) is 8.86. The topological polar surface area (TPSA) is 121 Å².